The minimum absolute atomic E-state index is 0.217. The zero-order valence-corrected chi connectivity index (χ0v) is 15.6. The van der Waals surface area contributed by atoms with E-state index in [9.17, 15) is 9.59 Å². The van der Waals surface area contributed by atoms with Crippen molar-refractivity contribution in [3.63, 3.8) is 0 Å². The maximum Gasteiger partial charge on any atom is 0.337 e. The van der Waals surface area contributed by atoms with Gasteiger partial charge < -0.3 is 15.0 Å². The van der Waals surface area contributed by atoms with Crippen LogP contribution in [-0.4, -0.2) is 37.1 Å². The summed E-state index contributed by atoms with van der Waals surface area (Å²) in [5, 5.41) is 3.84. The lowest BCUT2D eigenvalue weighted by atomic mass is 10.1. The Morgan fingerprint density at radius 3 is 2.46 bits per heavy atom. The van der Waals surface area contributed by atoms with Crippen LogP contribution >= 0.6 is 0 Å². The molecule has 1 aliphatic rings. The van der Waals surface area contributed by atoms with Crippen LogP contribution in [0.25, 0.3) is 10.9 Å². The number of nitrogens with zero attached hydrogens (tertiary/aromatic N) is 2. The van der Waals surface area contributed by atoms with E-state index in [4.69, 9.17) is 9.72 Å². The molecule has 0 bridgehead atoms. The third kappa shape index (κ3) is 3.53. The van der Waals surface area contributed by atoms with Crippen molar-refractivity contribution < 1.29 is 14.3 Å². The molecule has 6 nitrogen and oxygen atoms in total. The van der Waals surface area contributed by atoms with Gasteiger partial charge >= 0.3 is 5.97 Å². The van der Waals surface area contributed by atoms with Crippen LogP contribution in [0, 0.1) is 0 Å². The van der Waals surface area contributed by atoms with E-state index < -0.39 is 5.97 Å². The summed E-state index contributed by atoms with van der Waals surface area (Å²) in [6, 6.07) is 16.3. The molecule has 4 rings (SSSR count). The molecule has 142 valence electrons. The molecule has 6 heteroatoms. The van der Waals surface area contributed by atoms with Crippen molar-refractivity contribution >= 4 is 34.3 Å². The van der Waals surface area contributed by atoms with Gasteiger partial charge in [0.25, 0.3) is 5.91 Å². The highest BCUT2D eigenvalue weighted by Gasteiger charge is 2.22. The Morgan fingerprint density at radius 1 is 1.04 bits per heavy atom. The topological polar surface area (TPSA) is 71.5 Å². The number of carbonyl (C=O) groups is 2. The Bertz CT molecular complexity index is 1020. The largest absolute Gasteiger partial charge is 0.465 e. The summed E-state index contributed by atoms with van der Waals surface area (Å²) in [7, 11) is 1.34. The molecule has 2 aromatic carbocycles. The van der Waals surface area contributed by atoms with Gasteiger partial charge in [-0.25, -0.2) is 9.78 Å². The lowest BCUT2D eigenvalue weighted by Crippen LogP contribution is -2.24. The predicted molar refractivity (Wildman–Crippen MR) is 109 cm³/mol. The van der Waals surface area contributed by atoms with Crippen molar-refractivity contribution in [2.75, 3.05) is 30.4 Å². The molecule has 1 aliphatic heterocycles. The zero-order chi connectivity index (χ0) is 19.5. The first kappa shape index (κ1) is 18.0. The van der Waals surface area contributed by atoms with Crippen LogP contribution in [0.4, 0.5) is 11.5 Å². The fourth-order valence-corrected chi connectivity index (χ4v) is 3.45. The number of fused-ring (bicyclic) bond motifs is 1. The van der Waals surface area contributed by atoms with Gasteiger partial charge in [0, 0.05) is 24.2 Å². The standard InChI is InChI=1S/C22H21N3O3/c1-28-22(27)15-8-10-17(11-9-15)23-21(26)18-14-16-6-2-3-7-19(16)24-20(18)25-12-4-5-13-25/h2-3,6-11,14H,4-5,12-13H2,1H3,(H,23,26). The normalized spacial score (nSPS) is 13.5. The van der Waals surface area contributed by atoms with Crippen molar-refractivity contribution in [3.05, 3.63) is 65.7 Å². The van der Waals surface area contributed by atoms with Crippen LogP contribution in [0.5, 0.6) is 0 Å². The molecule has 0 unspecified atom stereocenters. The highest BCUT2D eigenvalue weighted by molar-refractivity contribution is 6.09. The lowest BCUT2D eigenvalue weighted by molar-refractivity contribution is 0.0600. The van der Waals surface area contributed by atoms with Gasteiger partial charge in [0.2, 0.25) is 0 Å². The van der Waals surface area contributed by atoms with Gasteiger partial charge in [0.15, 0.2) is 0 Å². The summed E-state index contributed by atoms with van der Waals surface area (Å²) in [4.78, 5) is 31.5. The fourth-order valence-electron chi connectivity index (χ4n) is 3.45. The van der Waals surface area contributed by atoms with Gasteiger partial charge in [-0.3, -0.25) is 4.79 Å². The highest BCUT2D eigenvalue weighted by atomic mass is 16.5. The number of nitrogens with one attached hydrogen (secondary N) is 1. The molecule has 1 saturated heterocycles. The first-order valence-corrected chi connectivity index (χ1v) is 9.30. The number of carbonyl (C=O) groups excluding carboxylic acids is 2. The summed E-state index contributed by atoms with van der Waals surface area (Å²) in [5.41, 5.74) is 2.48. The minimum Gasteiger partial charge on any atom is -0.465 e. The molecule has 0 radical (unpaired) electrons. The monoisotopic (exact) mass is 375 g/mol. The second-order valence-corrected chi connectivity index (χ2v) is 6.77. The maximum atomic E-state index is 13.0. The van der Waals surface area contributed by atoms with Crippen LogP contribution in [0.15, 0.2) is 54.6 Å². The number of amides is 1. The predicted octanol–water partition coefficient (Wildman–Crippen LogP) is 3.87. The van der Waals surface area contributed by atoms with E-state index in [1.165, 1.54) is 7.11 Å². The van der Waals surface area contributed by atoms with E-state index in [1.807, 2.05) is 30.3 Å². The number of benzene rings is 2. The molecule has 0 atom stereocenters. The van der Waals surface area contributed by atoms with Gasteiger partial charge in [0.05, 0.1) is 23.8 Å². The third-order valence-corrected chi connectivity index (χ3v) is 4.92. The van der Waals surface area contributed by atoms with Gasteiger partial charge in [0.1, 0.15) is 5.82 Å². The van der Waals surface area contributed by atoms with E-state index in [0.717, 1.165) is 42.7 Å². The average Bonchev–Trinajstić information content (AvgIpc) is 3.27. The molecule has 1 amide bonds. The second-order valence-electron chi connectivity index (χ2n) is 6.77. The number of para-hydroxylation sites is 1. The molecule has 1 N–H and O–H groups in total. The number of anilines is 2. The lowest BCUT2D eigenvalue weighted by Gasteiger charge is -2.20. The zero-order valence-electron chi connectivity index (χ0n) is 15.6. The molecule has 2 heterocycles. The summed E-state index contributed by atoms with van der Waals surface area (Å²) >= 11 is 0. The molecule has 1 fully saturated rings. The van der Waals surface area contributed by atoms with Crippen LogP contribution in [0.1, 0.15) is 33.6 Å². The van der Waals surface area contributed by atoms with Crippen LogP contribution in [0.3, 0.4) is 0 Å². The van der Waals surface area contributed by atoms with E-state index in [2.05, 4.69) is 10.2 Å². The number of ether oxygens (including phenoxy) is 1. The van der Waals surface area contributed by atoms with Gasteiger partial charge in [-0.05, 0) is 49.2 Å². The number of aromatic nitrogens is 1. The average molecular weight is 375 g/mol. The smallest absolute Gasteiger partial charge is 0.337 e. The summed E-state index contributed by atoms with van der Waals surface area (Å²) in [6.45, 7) is 1.80. The first-order valence-electron chi connectivity index (χ1n) is 9.30. The van der Waals surface area contributed by atoms with Crippen molar-refractivity contribution in [3.8, 4) is 0 Å². The number of pyridine rings is 1. The van der Waals surface area contributed by atoms with Crippen LogP contribution in [-0.2, 0) is 4.74 Å². The maximum absolute atomic E-state index is 13.0. The summed E-state index contributed by atoms with van der Waals surface area (Å²) in [6.07, 6.45) is 2.20. The third-order valence-electron chi connectivity index (χ3n) is 4.92. The molecule has 3 aromatic rings. The first-order chi connectivity index (χ1) is 13.7. The van der Waals surface area contributed by atoms with Crippen LogP contribution in [0.2, 0.25) is 0 Å². The molecule has 1 aromatic heterocycles. The number of esters is 1. The minimum atomic E-state index is -0.409. The Labute approximate surface area is 163 Å². The Morgan fingerprint density at radius 2 is 1.75 bits per heavy atom. The quantitative estimate of drug-likeness (QED) is 0.701. The summed E-state index contributed by atoms with van der Waals surface area (Å²) < 4.78 is 4.70. The number of rotatable bonds is 4. The van der Waals surface area contributed by atoms with E-state index in [1.54, 1.807) is 24.3 Å². The van der Waals surface area contributed by atoms with Crippen molar-refractivity contribution in [1.82, 2.24) is 4.98 Å². The van der Waals surface area contributed by atoms with Gasteiger partial charge in [-0.2, -0.15) is 0 Å². The molecule has 28 heavy (non-hydrogen) atoms. The van der Waals surface area contributed by atoms with Gasteiger partial charge in [-0.15, -0.1) is 0 Å². The molecular weight excluding hydrogens is 354 g/mol. The fraction of sp³-hybridized carbons (Fsp3) is 0.227. The number of hydrogen-bond donors (Lipinski definition) is 1. The molecule has 0 aliphatic carbocycles. The van der Waals surface area contributed by atoms with E-state index in [0.29, 0.717) is 16.8 Å². The van der Waals surface area contributed by atoms with Crippen LogP contribution < -0.4 is 10.2 Å². The van der Waals surface area contributed by atoms with Crippen molar-refractivity contribution in [2.24, 2.45) is 0 Å². The Hall–Kier alpha value is -3.41. The molecular formula is C22H21N3O3. The Kier molecular flexibility index (Phi) is 4.93. The number of hydrogen-bond acceptors (Lipinski definition) is 5. The molecule has 0 saturated carbocycles. The second kappa shape index (κ2) is 7.68. The van der Waals surface area contributed by atoms with Crippen molar-refractivity contribution in [1.29, 1.82) is 0 Å². The number of methoxy groups -OCH3 is 1. The van der Waals surface area contributed by atoms with E-state index >= 15 is 0 Å². The summed E-state index contributed by atoms with van der Waals surface area (Å²) in [5.74, 6) is 0.0961. The Balaban J connectivity index is 1.65. The molecule has 0 spiro atoms. The SMILES string of the molecule is COC(=O)c1ccc(NC(=O)c2cc3ccccc3nc2N2CCCC2)cc1. The highest BCUT2D eigenvalue weighted by Crippen LogP contribution is 2.27. The van der Waals surface area contributed by atoms with Crippen molar-refractivity contribution in [2.45, 2.75) is 12.8 Å². The van der Waals surface area contributed by atoms with Gasteiger partial charge in [-0.1, -0.05) is 18.2 Å². The van der Waals surface area contributed by atoms with E-state index in [-0.39, 0.29) is 5.91 Å².